The molecule has 2 aromatic carbocycles. The minimum absolute atomic E-state index is 0.692. The van der Waals surface area contributed by atoms with E-state index in [2.05, 4.69) is 21.9 Å². The topological polar surface area (TPSA) is 46.8 Å². The van der Waals surface area contributed by atoms with Gasteiger partial charge in [-0.25, -0.2) is 0 Å². The molecule has 0 fully saturated rings. The molecule has 0 saturated heterocycles. The summed E-state index contributed by atoms with van der Waals surface area (Å²) < 4.78 is 7.63. The van der Waals surface area contributed by atoms with Crippen LogP contribution in [0.15, 0.2) is 59.8 Å². The minimum Gasteiger partial charge on any atom is -0.482 e. The van der Waals surface area contributed by atoms with Gasteiger partial charge in [0.25, 0.3) is 0 Å². The molecule has 0 bridgehead atoms. The van der Waals surface area contributed by atoms with Gasteiger partial charge in [-0.05, 0) is 11.6 Å². The Morgan fingerprint density at radius 1 is 1.10 bits per heavy atom. The lowest BCUT2D eigenvalue weighted by Gasteiger charge is -2.10. The van der Waals surface area contributed by atoms with Gasteiger partial charge in [0, 0.05) is 5.39 Å². The summed E-state index contributed by atoms with van der Waals surface area (Å²) in [6.45, 7) is 0.698. The standard InChI is InChI=1S/C17H16N2O2/c1-21-17-15(11-18-20)14-9-5-6-10-16(14)19(17)12-13-7-3-2-4-8-13/h2-11,20H,12H2,1H3. The molecular weight excluding hydrogens is 264 g/mol. The first-order valence-corrected chi connectivity index (χ1v) is 6.71. The molecule has 0 aliphatic rings. The second-order valence-electron chi connectivity index (χ2n) is 4.76. The molecule has 0 spiro atoms. The van der Waals surface area contributed by atoms with Gasteiger partial charge in [0.05, 0.1) is 30.9 Å². The molecule has 4 nitrogen and oxygen atoms in total. The summed E-state index contributed by atoms with van der Waals surface area (Å²) in [6.07, 6.45) is 1.42. The third kappa shape index (κ3) is 2.36. The second kappa shape index (κ2) is 5.71. The van der Waals surface area contributed by atoms with E-state index in [9.17, 15) is 0 Å². The number of aromatic nitrogens is 1. The molecule has 21 heavy (non-hydrogen) atoms. The lowest BCUT2D eigenvalue weighted by molar-refractivity contribution is 0.321. The average molecular weight is 280 g/mol. The predicted octanol–water partition coefficient (Wildman–Crippen LogP) is 3.51. The number of benzene rings is 2. The summed E-state index contributed by atoms with van der Waals surface area (Å²) in [6, 6.07) is 18.2. The van der Waals surface area contributed by atoms with Crippen molar-refractivity contribution in [1.82, 2.24) is 4.57 Å². The normalized spacial score (nSPS) is 11.3. The number of hydrogen-bond acceptors (Lipinski definition) is 3. The number of fused-ring (bicyclic) bond motifs is 1. The highest BCUT2D eigenvalue weighted by Crippen LogP contribution is 2.31. The Balaban J connectivity index is 2.21. The number of rotatable bonds is 4. The first kappa shape index (κ1) is 13.2. The first-order chi connectivity index (χ1) is 10.3. The van der Waals surface area contributed by atoms with Crippen LogP contribution in [0.4, 0.5) is 0 Å². The average Bonchev–Trinajstić information content (AvgIpc) is 2.82. The van der Waals surface area contributed by atoms with E-state index in [1.54, 1.807) is 7.11 Å². The Morgan fingerprint density at radius 2 is 1.81 bits per heavy atom. The number of methoxy groups -OCH3 is 1. The van der Waals surface area contributed by atoms with Crippen LogP contribution < -0.4 is 4.74 Å². The molecule has 0 aliphatic heterocycles. The van der Waals surface area contributed by atoms with E-state index in [0.717, 1.165) is 16.5 Å². The highest BCUT2D eigenvalue weighted by Gasteiger charge is 2.16. The van der Waals surface area contributed by atoms with Crippen LogP contribution >= 0.6 is 0 Å². The summed E-state index contributed by atoms with van der Waals surface area (Å²) >= 11 is 0. The summed E-state index contributed by atoms with van der Waals surface area (Å²) in [5.41, 5.74) is 3.02. The molecule has 0 amide bonds. The lowest BCUT2D eigenvalue weighted by Crippen LogP contribution is -2.03. The van der Waals surface area contributed by atoms with Crippen molar-refractivity contribution in [2.45, 2.75) is 6.54 Å². The second-order valence-corrected chi connectivity index (χ2v) is 4.76. The largest absolute Gasteiger partial charge is 0.482 e. The highest BCUT2D eigenvalue weighted by atomic mass is 16.5. The maximum absolute atomic E-state index is 8.90. The highest BCUT2D eigenvalue weighted by molar-refractivity contribution is 6.02. The number of oxime groups is 1. The third-order valence-electron chi connectivity index (χ3n) is 3.52. The fraction of sp³-hybridized carbons (Fsp3) is 0.118. The van der Waals surface area contributed by atoms with Crippen LogP contribution in [-0.2, 0) is 6.54 Å². The molecule has 0 radical (unpaired) electrons. The molecule has 3 rings (SSSR count). The fourth-order valence-electron chi connectivity index (χ4n) is 2.63. The predicted molar refractivity (Wildman–Crippen MR) is 83.4 cm³/mol. The van der Waals surface area contributed by atoms with Crippen LogP contribution in [0.2, 0.25) is 0 Å². The maximum Gasteiger partial charge on any atom is 0.203 e. The number of ether oxygens (including phenoxy) is 1. The molecule has 3 aromatic rings. The Hall–Kier alpha value is -2.75. The molecule has 1 N–H and O–H groups in total. The smallest absolute Gasteiger partial charge is 0.203 e. The number of para-hydroxylation sites is 1. The van der Waals surface area contributed by atoms with Crippen LogP contribution in [0, 0.1) is 0 Å². The van der Waals surface area contributed by atoms with Gasteiger partial charge in [0.1, 0.15) is 0 Å². The zero-order valence-electron chi connectivity index (χ0n) is 11.7. The SMILES string of the molecule is COc1c(C=NO)c2ccccc2n1Cc1ccccc1. The van der Waals surface area contributed by atoms with Crippen LogP contribution in [0.3, 0.4) is 0 Å². The van der Waals surface area contributed by atoms with Crippen molar-refractivity contribution in [3.63, 3.8) is 0 Å². The Bertz CT molecular complexity index is 776. The van der Waals surface area contributed by atoms with Gasteiger partial charge in [-0.2, -0.15) is 0 Å². The van der Waals surface area contributed by atoms with E-state index in [1.165, 1.54) is 11.8 Å². The van der Waals surface area contributed by atoms with Crippen molar-refractivity contribution < 1.29 is 9.94 Å². The van der Waals surface area contributed by atoms with Crippen LogP contribution in [-0.4, -0.2) is 23.1 Å². The minimum atomic E-state index is 0.692. The van der Waals surface area contributed by atoms with Crippen LogP contribution in [0.25, 0.3) is 10.9 Å². The quantitative estimate of drug-likeness (QED) is 0.451. The van der Waals surface area contributed by atoms with Gasteiger partial charge < -0.3 is 14.5 Å². The van der Waals surface area contributed by atoms with E-state index >= 15 is 0 Å². The first-order valence-electron chi connectivity index (χ1n) is 6.71. The van der Waals surface area contributed by atoms with E-state index < -0.39 is 0 Å². The molecule has 0 saturated carbocycles. The monoisotopic (exact) mass is 280 g/mol. The molecule has 1 heterocycles. The van der Waals surface area contributed by atoms with Gasteiger partial charge in [0.2, 0.25) is 5.88 Å². The Kier molecular flexibility index (Phi) is 3.60. The zero-order valence-corrected chi connectivity index (χ0v) is 11.7. The van der Waals surface area contributed by atoms with Gasteiger partial charge in [-0.15, -0.1) is 0 Å². The number of nitrogens with zero attached hydrogens (tertiary/aromatic N) is 2. The summed E-state index contributed by atoms with van der Waals surface area (Å²) in [7, 11) is 1.63. The summed E-state index contributed by atoms with van der Waals surface area (Å²) in [4.78, 5) is 0. The summed E-state index contributed by atoms with van der Waals surface area (Å²) in [5, 5.41) is 13.1. The van der Waals surface area contributed by atoms with Crippen molar-refractivity contribution >= 4 is 17.1 Å². The molecule has 0 aliphatic carbocycles. The molecule has 0 atom stereocenters. The lowest BCUT2D eigenvalue weighted by atomic mass is 10.2. The molecule has 0 unspecified atom stereocenters. The zero-order chi connectivity index (χ0) is 14.7. The van der Waals surface area contributed by atoms with Crippen LogP contribution in [0.1, 0.15) is 11.1 Å². The Labute approximate surface area is 122 Å². The van der Waals surface area contributed by atoms with Crippen molar-refractivity contribution in [2.75, 3.05) is 7.11 Å². The maximum atomic E-state index is 8.90. The molecular formula is C17H16N2O2. The molecule has 4 heteroatoms. The van der Waals surface area contributed by atoms with Gasteiger partial charge in [-0.3, -0.25) is 0 Å². The number of hydrogen-bond donors (Lipinski definition) is 1. The van der Waals surface area contributed by atoms with Gasteiger partial charge in [-0.1, -0.05) is 53.7 Å². The van der Waals surface area contributed by atoms with Crippen molar-refractivity contribution in [1.29, 1.82) is 0 Å². The van der Waals surface area contributed by atoms with Crippen LogP contribution in [0.5, 0.6) is 5.88 Å². The van der Waals surface area contributed by atoms with E-state index in [-0.39, 0.29) is 0 Å². The van der Waals surface area contributed by atoms with Crippen molar-refractivity contribution in [3.8, 4) is 5.88 Å². The fourth-order valence-corrected chi connectivity index (χ4v) is 2.63. The van der Waals surface area contributed by atoms with Gasteiger partial charge >= 0.3 is 0 Å². The van der Waals surface area contributed by atoms with Crippen molar-refractivity contribution in [3.05, 3.63) is 65.7 Å². The van der Waals surface area contributed by atoms with Crippen molar-refractivity contribution in [2.24, 2.45) is 5.16 Å². The molecule has 1 aromatic heterocycles. The van der Waals surface area contributed by atoms with E-state index in [1.807, 2.05) is 42.5 Å². The van der Waals surface area contributed by atoms with Gasteiger partial charge in [0.15, 0.2) is 0 Å². The molecule has 106 valence electrons. The summed E-state index contributed by atoms with van der Waals surface area (Å²) in [5.74, 6) is 0.692. The Morgan fingerprint density at radius 3 is 2.52 bits per heavy atom. The van der Waals surface area contributed by atoms with E-state index in [0.29, 0.717) is 12.4 Å². The van der Waals surface area contributed by atoms with E-state index in [4.69, 9.17) is 9.94 Å². The third-order valence-corrected chi connectivity index (χ3v) is 3.52.